The van der Waals surface area contributed by atoms with Crippen molar-refractivity contribution >= 4 is 44.7 Å². The van der Waals surface area contributed by atoms with Crippen molar-refractivity contribution in [2.45, 2.75) is 49.7 Å². The average Bonchev–Trinajstić information content (AvgIpc) is 3.42. The fourth-order valence-corrected chi connectivity index (χ4v) is 4.73. The molecule has 0 atom stereocenters. The van der Waals surface area contributed by atoms with Crippen molar-refractivity contribution in [2.75, 3.05) is 6.61 Å². The van der Waals surface area contributed by atoms with Gasteiger partial charge < -0.3 is 18.9 Å². The zero-order valence-corrected chi connectivity index (χ0v) is 19.2. The van der Waals surface area contributed by atoms with Gasteiger partial charge in [-0.2, -0.15) is 8.42 Å². The van der Waals surface area contributed by atoms with Gasteiger partial charge >= 0.3 is 6.09 Å². The largest absolute Gasteiger partial charge is 0.449 e. The van der Waals surface area contributed by atoms with Crippen LogP contribution in [-0.4, -0.2) is 38.1 Å². The van der Waals surface area contributed by atoms with E-state index in [1.807, 2.05) is 0 Å². The molecule has 12 heteroatoms. The van der Waals surface area contributed by atoms with E-state index in [0.717, 1.165) is 18.9 Å². The van der Waals surface area contributed by atoms with Gasteiger partial charge in [0.15, 0.2) is 17.2 Å². The molecule has 176 valence electrons. The second-order valence-corrected chi connectivity index (χ2v) is 9.68. The number of furan rings is 1. The summed E-state index contributed by atoms with van der Waals surface area (Å²) in [4.78, 5) is 28.4. The van der Waals surface area contributed by atoms with Crippen LogP contribution in [-0.2, 0) is 14.8 Å². The molecule has 1 aromatic carbocycles. The highest BCUT2D eigenvalue weighted by atomic mass is 35.5. The maximum absolute atomic E-state index is 12.5. The molecule has 0 bridgehead atoms. The standard InChI is InChI=1S/C21H22ClN3O7S/c1-2-30-21(27)25-33(28,29)18-10-9-17(31-18)19(26)23-14-6-3-12(4-7-14)20-24-15-11-13(22)5-8-16(15)32-20/h5,8-12,14H,2-4,6-7H2,1H3,(H,23,26)(H,25,27)/t12-,14-. The summed E-state index contributed by atoms with van der Waals surface area (Å²) in [5, 5.41) is 2.90. The minimum atomic E-state index is -4.28. The summed E-state index contributed by atoms with van der Waals surface area (Å²) in [5.41, 5.74) is 1.40. The number of benzene rings is 1. The Kier molecular flexibility index (Phi) is 6.61. The van der Waals surface area contributed by atoms with E-state index in [2.05, 4.69) is 15.0 Å². The van der Waals surface area contributed by atoms with Crippen molar-refractivity contribution in [3.63, 3.8) is 0 Å². The molecule has 1 aliphatic rings. The van der Waals surface area contributed by atoms with Crippen LogP contribution in [0.2, 0.25) is 5.02 Å². The Morgan fingerprint density at radius 3 is 2.64 bits per heavy atom. The molecule has 3 aromatic rings. The molecule has 0 aliphatic heterocycles. The number of oxazole rings is 1. The second-order valence-electron chi connectivity index (χ2n) is 7.63. The minimum Gasteiger partial charge on any atom is -0.449 e. The number of ether oxygens (including phenoxy) is 1. The van der Waals surface area contributed by atoms with Crippen LogP contribution in [0.15, 0.2) is 44.3 Å². The van der Waals surface area contributed by atoms with E-state index in [4.69, 9.17) is 20.4 Å². The average molecular weight is 496 g/mol. The molecule has 2 heterocycles. The SMILES string of the molecule is CCOC(=O)NS(=O)(=O)c1ccc(C(=O)N[C@H]2CC[C@H](c3nc4cc(Cl)ccc4o3)CC2)o1. The van der Waals surface area contributed by atoms with Crippen LogP contribution in [0.4, 0.5) is 4.79 Å². The van der Waals surface area contributed by atoms with Gasteiger partial charge in [-0.3, -0.25) is 4.79 Å². The third-order valence-corrected chi connectivity index (χ3v) is 6.76. The molecule has 1 saturated carbocycles. The molecule has 0 spiro atoms. The Hall–Kier alpha value is -3.05. The molecule has 0 unspecified atom stereocenters. The first-order valence-electron chi connectivity index (χ1n) is 10.4. The van der Waals surface area contributed by atoms with E-state index in [1.54, 1.807) is 22.9 Å². The van der Waals surface area contributed by atoms with Crippen LogP contribution in [0, 0.1) is 0 Å². The topological polar surface area (TPSA) is 141 Å². The number of carbonyl (C=O) groups excluding carboxylic acids is 2. The predicted octanol–water partition coefficient (Wildman–Crippen LogP) is 3.97. The third kappa shape index (κ3) is 5.31. The molecular formula is C21H22ClN3O7S. The van der Waals surface area contributed by atoms with Crippen LogP contribution in [0.25, 0.3) is 11.1 Å². The Morgan fingerprint density at radius 1 is 1.15 bits per heavy atom. The van der Waals surface area contributed by atoms with Crippen LogP contribution in [0.3, 0.4) is 0 Å². The minimum absolute atomic E-state index is 0.0101. The highest BCUT2D eigenvalue weighted by molar-refractivity contribution is 7.89. The lowest BCUT2D eigenvalue weighted by Crippen LogP contribution is -2.37. The normalized spacial score (nSPS) is 18.7. The van der Waals surface area contributed by atoms with Crippen LogP contribution < -0.4 is 10.0 Å². The number of nitrogens with one attached hydrogen (secondary N) is 2. The maximum atomic E-state index is 12.5. The lowest BCUT2D eigenvalue weighted by molar-refractivity contribution is 0.0891. The van der Waals surface area contributed by atoms with Gasteiger partial charge in [0.1, 0.15) is 5.52 Å². The van der Waals surface area contributed by atoms with E-state index in [1.165, 1.54) is 13.0 Å². The van der Waals surface area contributed by atoms with Crippen molar-refractivity contribution in [1.82, 2.24) is 15.0 Å². The molecule has 1 aliphatic carbocycles. The van der Waals surface area contributed by atoms with Crippen LogP contribution in [0.5, 0.6) is 0 Å². The van der Waals surface area contributed by atoms with E-state index in [0.29, 0.717) is 34.9 Å². The third-order valence-electron chi connectivity index (χ3n) is 5.34. The Morgan fingerprint density at radius 2 is 1.91 bits per heavy atom. The molecule has 0 radical (unpaired) electrons. The number of amides is 2. The zero-order chi connectivity index (χ0) is 23.6. The molecule has 2 N–H and O–H groups in total. The summed E-state index contributed by atoms with van der Waals surface area (Å²) >= 11 is 6.01. The van der Waals surface area contributed by atoms with Crippen LogP contribution >= 0.6 is 11.6 Å². The number of rotatable bonds is 6. The number of fused-ring (bicyclic) bond motifs is 1. The van der Waals surface area contributed by atoms with Crippen molar-refractivity contribution in [3.8, 4) is 0 Å². The summed E-state index contributed by atoms with van der Waals surface area (Å²) in [6.07, 6.45) is 1.82. The Labute approximate surface area is 194 Å². The summed E-state index contributed by atoms with van der Waals surface area (Å²) in [5.74, 6) is 0.0930. The number of aromatic nitrogens is 1. The van der Waals surface area contributed by atoms with Gasteiger partial charge in [0.2, 0.25) is 5.09 Å². The zero-order valence-electron chi connectivity index (χ0n) is 17.7. The molecule has 2 aromatic heterocycles. The number of halogens is 1. The summed E-state index contributed by atoms with van der Waals surface area (Å²) < 4.78 is 41.5. The number of carbonyl (C=O) groups is 2. The van der Waals surface area contributed by atoms with Gasteiger partial charge in [0.25, 0.3) is 15.9 Å². The number of sulfonamides is 1. The number of hydrogen-bond acceptors (Lipinski definition) is 8. The predicted molar refractivity (Wildman–Crippen MR) is 118 cm³/mol. The Balaban J connectivity index is 1.33. The first kappa shape index (κ1) is 23.1. The molecule has 33 heavy (non-hydrogen) atoms. The van der Waals surface area contributed by atoms with Gasteiger partial charge in [-0.25, -0.2) is 14.5 Å². The van der Waals surface area contributed by atoms with Gasteiger partial charge in [0.05, 0.1) is 6.61 Å². The quantitative estimate of drug-likeness (QED) is 0.523. The van der Waals surface area contributed by atoms with Crippen molar-refractivity contribution in [3.05, 3.63) is 47.0 Å². The van der Waals surface area contributed by atoms with Crippen LogP contribution in [0.1, 0.15) is 55.0 Å². The second kappa shape index (κ2) is 9.44. The first-order chi connectivity index (χ1) is 15.7. The highest BCUT2D eigenvalue weighted by Crippen LogP contribution is 2.34. The molecule has 10 nitrogen and oxygen atoms in total. The molecular weight excluding hydrogens is 474 g/mol. The fraction of sp³-hybridized carbons (Fsp3) is 0.381. The molecule has 4 rings (SSSR count). The number of hydrogen-bond donors (Lipinski definition) is 2. The Bertz CT molecular complexity index is 1280. The first-order valence-corrected chi connectivity index (χ1v) is 12.3. The highest BCUT2D eigenvalue weighted by Gasteiger charge is 2.29. The van der Waals surface area contributed by atoms with E-state index in [9.17, 15) is 18.0 Å². The van der Waals surface area contributed by atoms with Gasteiger partial charge in [-0.15, -0.1) is 0 Å². The smallest absolute Gasteiger partial charge is 0.421 e. The van der Waals surface area contributed by atoms with E-state index >= 15 is 0 Å². The molecule has 2 amide bonds. The van der Waals surface area contributed by atoms with Gasteiger partial charge in [0, 0.05) is 17.0 Å². The van der Waals surface area contributed by atoms with Gasteiger partial charge in [-0.1, -0.05) is 11.6 Å². The molecule has 1 fully saturated rings. The molecule has 0 saturated heterocycles. The van der Waals surface area contributed by atoms with E-state index in [-0.39, 0.29) is 24.3 Å². The lowest BCUT2D eigenvalue weighted by atomic mass is 9.86. The maximum Gasteiger partial charge on any atom is 0.421 e. The van der Waals surface area contributed by atoms with Crippen molar-refractivity contribution in [1.29, 1.82) is 0 Å². The summed E-state index contributed by atoms with van der Waals surface area (Å²) in [6.45, 7) is 1.55. The van der Waals surface area contributed by atoms with Gasteiger partial charge in [-0.05, 0) is 62.9 Å². The van der Waals surface area contributed by atoms with E-state index < -0.39 is 27.1 Å². The summed E-state index contributed by atoms with van der Waals surface area (Å²) in [7, 11) is -4.28. The van der Waals surface area contributed by atoms with Crippen molar-refractivity contribution in [2.24, 2.45) is 0 Å². The summed E-state index contributed by atoms with van der Waals surface area (Å²) in [6, 6.07) is 7.55. The number of nitrogens with zero attached hydrogens (tertiary/aromatic N) is 1. The van der Waals surface area contributed by atoms with Crippen molar-refractivity contribution < 1.29 is 31.6 Å². The fourth-order valence-electron chi connectivity index (χ4n) is 3.74. The lowest BCUT2D eigenvalue weighted by Gasteiger charge is -2.27. The monoisotopic (exact) mass is 495 g/mol.